The average Bonchev–Trinajstić information content (AvgIpc) is 3.28. The van der Waals surface area contributed by atoms with Gasteiger partial charge in [0.2, 0.25) is 5.88 Å². The third kappa shape index (κ3) is 4.03. The highest BCUT2D eigenvalue weighted by molar-refractivity contribution is 6.03. The zero-order valence-electron chi connectivity index (χ0n) is 15.0. The van der Waals surface area contributed by atoms with Crippen molar-refractivity contribution >= 4 is 11.8 Å². The fourth-order valence-corrected chi connectivity index (χ4v) is 2.63. The van der Waals surface area contributed by atoms with Crippen molar-refractivity contribution in [3.8, 4) is 22.8 Å². The number of hydrogen-bond acceptors (Lipinski definition) is 5. The van der Waals surface area contributed by atoms with Crippen molar-refractivity contribution in [3.63, 3.8) is 0 Å². The van der Waals surface area contributed by atoms with Crippen LogP contribution in [0, 0.1) is 0 Å². The van der Waals surface area contributed by atoms with E-state index in [4.69, 9.17) is 14.7 Å². The Hall–Kier alpha value is -3.23. The van der Waals surface area contributed by atoms with Crippen molar-refractivity contribution in [2.75, 3.05) is 12.3 Å². The molecule has 1 aromatic carbocycles. The highest BCUT2D eigenvalue weighted by atomic mass is 19.4. The molecule has 1 amide bonds. The first kappa shape index (κ1) is 19.5. The molecule has 9 heteroatoms. The number of alkyl halides is 3. The average molecular weight is 393 g/mol. The topological polar surface area (TPSA) is 94.3 Å². The summed E-state index contributed by atoms with van der Waals surface area (Å²) >= 11 is 0. The maximum absolute atomic E-state index is 12.9. The molecule has 3 aromatic rings. The van der Waals surface area contributed by atoms with Gasteiger partial charge >= 0.3 is 6.18 Å². The van der Waals surface area contributed by atoms with E-state index in [2.05, 4.69) is 10.5 Å². The molecule has 0 bridgehead atoms. The lowest BCUT2D eigenvalue weighted by Gasteiger charge is -2.07. The van der Waals surface area contributed by atoms with Gasteiger partial charge in [-0.1, -0.05) is 30.6 Å². The minimum Gasteiger partial charge on any atom is -0.454 e. The molecule has 0 aliphatic rings. The van der Waals surface area contributed by atoms with E-state index in [1.165, 1.54) is 24.3 Å². The van der Waals surface area contributed by atoms with Crippen LogP contribution in [0.25, 0.3) is 22.8 Å². The smallest absolute Gasteiger partial charge is 0.416 e. The van der Waals surface area contributed by atoms with Crippen LogP contribution in [0.5, 0.6) is 0 Å². The first-order chi connectivity index (χ1) is 13.3. The van der Waals surface area contributed by atoms with Gasteiger partial charge in [0, 0.05) is 12.1 Å². The van der Waals surface area contributed by atoms with Crippen LogP contribution in [-0.4, -0.2) is 17.6 Å². The lowest BCUT2D eigenvalue weighted by molar-refractivity contribution is -0.137. The Bertz CT molecular complexity index is 976. The van der Waals surface area contributed by atoms with Crippen molar-refractivity contribution in [1.82, 2.24) is 10.5 Å². The summed E-state index contributed by atoms with van der Waals surface area (Å²) in [6, 6.07) is 7.74. The predicted octanol–water partition coefficient (Wildman–Crippen LogP) is 4.73. The number of halogens is 3. The van der Waals surface area contributed by atoms with E-state index in [9.17, 15) is 18.0 Å². The molecule has 0 radical (unpaired) electrons. The lowest BCUT2D eigenvalue weighted by Crippen LogP contribution is -2.25. The molecule has 0 saturated carbocycles. The molecule has 0 saturated heterocycles. The normalized spacial score (nSPS) is 11.6. The summed E-state index contributed by atoms with van der Waals surface area (Å²) < 4.78 is 49.3. The number of unbranched alkanes of at least 4 members (excludes halogenated alkanes) is 1. The molecule has 0 fully saturated rings. The Morgan fingerprint density at radius 2 is 1.96 bits per heavy atom. The summed E-state index contributed by atoms with van der Waals surface area (Å²) in [5.74, 6) is -0.270. The van der Waals surface area contributed by atoms with E-state index in [1.54, 1.807) is 0 Å². The lowest BCUT2D eigenvalue weighted by atomic mass is 10.1. The van der Waals surface area contributed by atoms with Crippen molar-refractivity contribution in [2.45, 2.75) is 25.9 Å². The number of amides is 1. The molecule has 28 heavy (non-hydrogen) atoms. The van der Waals surface area contributed by atoms with Crippen molar-refractivity contribution in [3.05, 3.63) is 47.5 Å². The van der Waals surface area contributed by atoms with E-state index in [0.717, 1.165) is 25.0 Å². The zero-order valence-corrected chi connectivity index (χ0v) is 15.0. The van der Waals surface area contributed by atoms with Crippen molar-refractivity contribution < 1.29 is 26.9 Å². The van der Waals surface area contributed by atoms with Gasteiger partial charge in [-0.15, -0.1) is 0 Å². The van der Waals surface area contributed by atoms with Crippen LogP contribution in [0.15, 0.2) is 45.3 Å². The van der Waals surface area contributed by atoms with Crippen LogP contribution in [0.3, 0.4) is 0 Å². The van der Waals surface area contributed by atoms with Crippen LogP contribution in [0.1, 0.15) is 35.7 Å². The van der Waals surface area contributed by atoms with Crippen LogP contribution in [0.2, 0.25) is 0 Å². The minimum atomic E-state index is -4.46. The molecule has 0 aliphatic carbocycles. The maximum Gasteiger partial charge on any atom is 0.416 e. The van der Waals surface area contributed by atoms with Gasteiger partial charge in [-0.2, -0.15) is 13.2 Å². The molecule has 0 atom stereocenters. The summed E-state index contributed by atoms with van der Waals surface area (Å²) in [5, 5.41) is 6.48. The molecular weight excluding hydrogens is 375 g/mol. The van der Waals surface area contributed by atoms with Gasteiger partial charge in [-0.05, 0) is 30.7 Å². The highest BCUT2D eigenvalue weighted by Crippen LogP contribution is 2.35. The van der Waals surface area contributed by atoms with Crippen LogP contribution >= 0.6 is 0 Å². The Morgan fingerprint density at radius 1 is 1.21 bits per heavy atom. The summed E-state index contributed by atoms with van der Waals surface area (Å²) in [4.78, 5) is 12.4. The third-order valence-electron chi connectivity index (χ3n) is 4.08. The summed E-state index contributed by atoms with van der Waals surface area (Å²) in [7, 11) is 0. The number of aromatic nitrogens is 1. The Morgan fingerprint density at radius 3 is 2.68 bits per heavy atom. The van der Waals surface area contributed by atoms with Gasteiger partial charge in [0.1, 0.15) is 11.3 Å². The molecule has 0 aliphatic heterocycles. The largest absolute Gasteiger partial charge is 0.454 e. The van der Waals surface area contributed by atoms with Crippen molar-refractivity contribution in [1.29, 1.82) is 0 Å². The Labute approximate surface area is 158 Å². The van der Waals surface area contributed by atoms with E-state index >= 15 is 0 Å². The summed E-state index contributed by atoms with van der Waals surface area (Å²) in [5.41, 5.74) is 5.28. The van der Waals surface area contributed by atoms with Gasteiger partial charge in [-0.3, -0.25) is 4.79 Å². The number of nitrogens with two attached hydrogens (primary N) is 1. The predicted molar refractivity (Wildman–Crippen MR) is 96.3 cm³/mol. The Kier molecular flexibility index (Phi) is 5.43. The summed E-state index contributed by atoms with van der Waals surface area (Å²) in [6.07, 6.45) is -2.76. The third-order valence-corrected chi connectivity index (χ3v) is 4.08. The minimum absolute atomic E-state index is 0.0287. The summed E-state index contributed by atoms with van der Waals surface area (Å²) in [6.45, 7) is 2.45. The molecule has 2 heterocycles. The fourth-order valence-electron chi connectivity index (χ4n) is 2.63. The zero-order chi connectivity index (χ0) is 20.3. The van der Waals surface area contributed by atoms with E-state index in [1.807, 2.05) is 6.92 Å². The van der Waals surface area contributed by atoms with Crippen LogP contribution < -0.4 is 11.1 Å². The monoisotopic (exact) mass is 393 g/mol. The Balaban J connectivity index is 1.90. The first-order valence-electron chi connectivity index (χ1n) is 8.62. The molecule has 148 valence electrons. The van der Waals surface area contributed by atoms with Crippen LogP contribution in [0.4, 0.5) is 19.1 Å². The maximum atomic E-state index is 12.9. The number of nitrogens with zero attached hydrogens (tertiary/aromatic N) is 1. The number of nitrogen functional groups attached to an aromatic ring is 1. The molecular formula is C19H18F3N3O3. The second kappa shape index (κ2) is 7.79. The van der Waals surface area contributed by atoms with E-state index in [0.29, 0.717) is 6.54 Å². The van der Waals surface area contributed by atoms with Gasteiger partial charge in [0.05, 0.1) is 5.56 Å². The van der Waals surface area contributed by atoms with Crippen molar-refractivity contribution in [2.24, 2.45) is 0 Å². The molecule has 6 nitrogen and oxygen atoms in total. The second-order valence-electron chi connectivity index (χ2n) is 6.12. The molecule has 3 N–H and O–H groups in total. The van der Waals surface area contributed by atoms with Gasteiger partial charge in [0.25, 0.3) is 5.91 Å². The second-order valence-corrected chi connectivity index (χ2v) is 6.12. The highest BCUT2D eigenvalue weighted by Gasteiger charge is 2.31. The molecule has 0 unspecified atom stereocenters. The fraction of sp³-hybridized carbons (Fsp3) is 0.263. The number of anilines is 1. The quantitative estimate of drug-likeness (QED) is 0.591. The van der Waals surface area contributed by atoms with Gasteiger partial charge in [0.15, 0.2) is 11.5 Å². The van der Waals surface area contributed by atoms with E-state index in [-0.39, 0.29) is 34.2 Å². The number of rotatable bonds is 6. The van der Waals surface area contributed by atoms with Gasteiger partial charge < -0.3 is 20.0 Å². The number of nitrogens with one attached hydrogen (secondary N) is 1. The van der Waals surface area contributed by atoms with Crippen LogP contribution in [-0.2, 0) is 6.18 Å². The molecule has 0 spiro atoms. The number of benzene rings is 1. The number of carbonyl (C=O) groups excluding carboxylic acids is 1. The molecule has 3 rings (SSSR count). The molecule has 2 aromatic heterocycles. The number of hydrogen-bond donors (Lipinski definition) is 2. The first-order valence-corrected chi connectivity index (χ1v) is 8.62. The van der Waals surface area contributed by atoms with E-state index < -0.39 is 17.6 Å². The number of furan rings is 1. The standard InChI is InChI=1S/C19H18F3N3O3/c1-2-3-9-24-18(26)15-16(25-28-17(15)23)14-8-7-13(27-14)11-5-4-6-12(10-11)19(20,21)22/h4-8,10H,2-3,9,23H2,1H3,(H,24,26). The number of carbonyl (C=O) groups is 1. The van der Waals surface area contributed by atoms with Gasteiger partial charge in [-0.25, -0.2) is 0 Å². The SMILES string of the molecule is CCCCNC(=O)c1c(-c2ccc(-c3cccc(C(F)(F)F)c3)o2)noc1N.